The van der Waals surface area contributed by atoms with E-state index in [0.717, 1.165) is 24.8 Å². The molecule has 1 aliphatic rings. The first kappa shape index (κ1) is 14.0. The number of benzene rings is 1. The molecule has 1 aromatic carbocycles. The lowest BCUT2D eigenvalue weighted by Gasteiger charge is -2.27. The lowest BCUT2D eigenvalue weighted by atomic mass is 9.76. The van der Waals surface area contributed by atoms with Gasteiger partial charge in [-0.15, -0.1) is 0 Å². The molecule has 102 valence electrons. The first-order valence-electron chi connectivity index (χ1n) is 6.48. The van der Waals surface area contributed by atoms with Crippen molar-refractivity contribution in [3.05, 3.63) is 45.0 Å². The van der Waals surface area contributed by atoms with Gasteiger partial charge in [-0.2, -0.15) is 0 Å². The quantitative estimate of drug-likeness (QED) is 0.627. The van der Waals surface area contributed by atoms with E-state index in [-0.39, 0.29) is 29.1 Å². The van der Waals surface area contributed by atoms with Crippen LogP contribution in [0.5, 0.6) is 0 Å². The zero-order valence-electron chi connectivity index (χ0n) is 10.5. The summed E-state index contributed by atoms with van der Waals surface area (Å²) >= 11 is 5.84. The Morgan fingerprint density at radius 3 is 2.58 bits per heavy atom. The summed E-state index contributed by atoms with van der Waals surface area (Å²) in [6.45, 7) is -0.196. The van der Waals surface area contributed by atoms with Gasteiger partial charge in [-0.05, 0) is 30.5 Å². The minimum Gasteiger partial charge on any atom is -0.299 e. The van der Waals surface area contributed by atoms with Crippen LogP contribution in [0.15, 0.2) is 24.3 Å². The summed E-state index contributed by atoms with van der Waals surface area (Å²) in [5, 5.41) is 11.5. The van der Waals surface area contributed by atoms with E-state index in [1.54, 1.807) is 24.3 Å². The zero-order chi connectivity index (χ0) is 13.8. The highest BCUT2D eigenvalue weighted by molar-refractivity contribution is 6.30. The third-order valence-electron chi connectivity index (χ3n) is 3.73. The molecule has 0 unspecified atom stereocenters. The average molecular weight is 282 g/mol. The first-order chi connectivity index (χ1) is 9.08. The summed E-state index contributed by atoms with van der Waals surface area (Å²) < 4.78 is 0. The molecule has 0 radical (unpaired) electrons. The highest BCUT2D eigenvalue weighted by Gasteiger charge is 2.34. The molecule has 1 fully saturated rings. The van der Waals surface area contributed by atoms with Gasteiger partial charge in [0.25, 0.3) is 0 Å². The third-order valence-corrected chi connectivity index (χ3v) is 3.98. The van der Waals surface area contributed by atoms with E-state index >= 15 is 0 Å². The highest BCUT2D eigenvalue weighted by atomic mass is 35.5. The zero-order valence-corrected chi connectivity index (χ0v) is 11.3. The van der Waals surface area contributed by atoms with Crippen LogP contribution >= 0.6 is 11.6 Å². The number of rotatable bonds is 4. The molecule has 5 heteroatoms. The Morgan fingerprint density at radius 2 is 2.00 bits per heavy atom. The van der Waals surface area contributed by atoms with Crippen LogP contribution in [0.3, 0.4) is 0 Å². The second kappa shape index (κ2) is 6.15. The molecule has 2 atom stereocenters. The summed E-state index contributed by atoms with van der Waals surface area (Å²) in [6.07, 6.45) is 3.17. The molecule has 2 rings (SSSR count). The number of nitro groups is 1. The van der Waals surface area contributed by atoms with E-state index in [4.69, 9.17) is 11.6 Å². The Bertz CT molecular complexity index is 472. The van der Waals surface area contributed by atoms with Gasteiger partial charge in [-0.25, -0.2) is 0 Å². The van der Waals surface area contributed by atoms with Crippen LogP contribution in [0.1, 0.15) is 37.2 Å². The number of ketones is 1. The standard InChI is InChI=1S/C14H16ClNO3/c15-11-7-5-10(6-8-11)13(9-16(18)19)12-3-1-2-4-14(12)17/h5-8,12-13H,1-4,9H2/t12-,13-/m1/s1. The first-order valence-corrected chi connectivity index (χ1v) is 6.85. The molecule has 1 saturated carbocycles. The minimum absolute atomic E-state index is 0.160. The Kier molecular flexibility index (Phi) is 4.53. The molecular formula is C14H16ClNO3. The van der Waals surface area contributed by atoms with Crippen LogP contribution in [0.25, 0.3) is 0 Å². The number of nitrogens with zero attached hydrogens (tertiary/aromatic N) is 1. The topological polar surface area (TPSA) is 60.2 Å². The maximum atomic E-state index is 12.0. The smallest absolute Gasteiger partial charge is 0.211 e. The number of hydrogen-bond donors (Lipinski definition) is 0. The van der Waals surface area contributed by atoms with E-state index in [0.29, 0.717) is 11.4 Å². The van der Waals surface area contributed by atoms with Crippen molar-refractivity contribution < 1.29 is 9.72 Å². The van der Waals surface area contributed by atoms with E-state index in [1.165, 1.54) is 0 Å². The van der Waals surface area contributed by atoms with Gasteiger partial charge in [0, 0.05) is 22.3 Å². The van der Waals surface area contributed by atoms with Gasteiger partial charge in [-0.3, -0.25) is 14.9 Å². The van der Waals surface area contributed by atoms with Crippen LogP contribution in [0.2, 0.25) is 5.02 Å². The molecule has 0 spiro atoms. The number of hydrogen-bond acceptors (Lipinski definition) is 3. The van der Waals surface area contributed by atoms with Crippen molar-refractivity contribution in [2.75, 3.05) is 6.54 Å². The summed E-state index contributed by atoms with van der Waals surface area (Å²) in [7, 11) is 0. The monoisotopic (exact) mass is 281 g/mol. The fraction of sp³-hybridized carbons (Fsp3) is 0.500. The molecule has 0 aromatic heterocycles. The molecule has 0 N–H and O–H groups in total. The Morgan fingerprint density at radius 1 is 1.32 bits per heavy atom. The van der Waals surface area contributed by atoms with Gasteiger partial charge in [0.15, 0.2) is 0 Å². The SMILES string of the molecule is O=C1CCCC[C@@H]1[C@H](C[N+](=O)[O-])c1ccc(Cl)cc1. The van der Waals surface area contributed by atoms with Crippen LogP contribution in [-0.4, -0.2) is 17.3 Å². The van der Waals surface area contributed by atoms with Crippen molar-refractivity contribution in [2.24, 2.45) is 5.92 Å². The number of halogens is 1. The fourth-order valence-corrected chi connectivity index (χ4v) is 2.90. The molecular weight excluding hydrogens is 266 g/mol. The summed E-state index contributed by atoms with van der Waals surface area (Å²) in [6, 6.07) is 7.02. The van der Waals surface area contributed by atoms with Crippen molar-refractivity contribution in [1.29, 1.82) is 0 Å². The van der Waals surface area contributed by atoms with E-state index in [2.05, 4.69) is 0 Å². The van der Waals surface area contributed by atoms with E-state index in [9.17, 15) is 14.9 Å². The van der Waals surface area contributed by atoms with Gasteiger partial charge in [0.05, 0.1) is 5.92 Å². The largest absolute Gasteiger partial charge is 0.299 e. The number of Topliss-reactive ketones (excluding diaryl/α,β-unsaturated/α-hetero) is 1. The van der Waals surface area contributed by atoms with Crippen molar-refractivity contribution in [1.82, 2.24) is 0 Å². The molecule has 19 heavy (non-hydrogen) atoms. The molecule has 0 heterocycles. The molecule has 0 bridgehead atoms. The third kappa shape index (κ3) is 3.53. The van der Waals surface area contributed by atoms with Gasteiger partial charge in [0.1, 0.15) is 5.78 Å². The Hall–Kier alpha value is -1.42. The Balaban J connectivity index is 2.26. The summed E-state index contributed by atoms with van der Waals surface area (Å²) in [5.74, 6) is -0.395. The van der Waals surface area contributed by atoms with Crippen LogP contribution < -0.4 is 0 Å². The predicted molar refractivity (Wildman–Crippen MR) is 73.0 cm³/mol. The van der Waals surface area contributed by atoms with Crippen molar-refractivity contribution in [3.63, 3.8) is 0 Å². The van der Waals surface area contributed by atoms with Crippen molar-refractivity contribution in [2.45, 2.75) is 31.6 Å². The predicted octanol–water partition coefficient (Wildman–Crippen LogP) is 3.46. The minimum atomic E-state index is -0.333. The second-order valence-electron chi connectivity index (χ2n) is 4.99. The number of carbonyl (C=O) groups is 1. The van der Waals surface area contributed by atoms with Gasteiger partial charge in [0.2, 0.25) is 6.54 Å². The van der Waals surface area contributed by atoms with Crippen LogP contribution in [0.4, 0.5) is 0 Å². The number of carbonyl (C=O) groups excluding carboxylic acids is 1. The molecule has 0 amide bonds. The molecule has 4 nitrogen and oxygen atoms in total. The molecule has 1 aliphatic carbocycles. The van der Waals surface area contributed by atoms with Gasteiger partial charge < -0.3 is 0 Å². The maximum absolute atomic E-state index is 12.0. The van der Waals surface area contributed by atoms with E-state index in [1.807, 2.05) is 0 Å². The summed E-state index contributed by atoms with van der Waals surface area (Å²) in [4.78, 5) is 22.5. The van der Waals surface area contributed by atoms with Crippen molar-refractivity contribution >= 4 is 17.4 Å². The second-order valence-corrected chi connectivity index (χ2v) is 5.43. The molecule has 1 aromatic rings. The highest BCUT2D eigenvalue weighted by Crippen LogP contribution is 2.34. The van der Waals surface area contributed by atoms with Gasteiger partial charge in [-0.1, -0.05) is 30.2 Å². The molecule has 0 saturated heterocycles. The lowest BCUT2D eigenvalue weighted by Crippen LogP contribution is -2.30. The van der Waals surface area contributed by atoms with Crippen LogP contribution in [0, 0.1) is 16.0 Å². The fourth-order valence-electron chi connectivity index (χ4n) is 2.77. The van der Waals surface area contributed by atoms with Crippen LogP contribution in [-0.2, 0) is 4.79 Å². The van der Waals surface area contributed by atoms with Crippen molar-refractivity contribution in [3.8, 4) is 0 Å². The summed E-state index contributed by atoms with van der Waals surface area (Å²) in [5.41, 5.74) is 0.835. The Labute approximate surface area is 116 Å². The normalized spacial score (nSPS) is 21.1. The van der Waals surface area contributed by atoms with E-state index < -0.39 is 0 Å². The average Bonchev–Trinajstić information content (AvgIpc) is 2.38. The lowest BCUT2D eigenvalue weighted by molar-refractivity contribution is -0.484. The molecule has 0 aliphatic heterocycles. The van der Waals surface area contributed by atoms with Gasteiger partial charge >= 0.3 is 0 Å². The maximum Gasteiger partial charge on any atom is 0.211 e.